The van der Waals surface area contributed by atoms with E-state index in [1.807, 2.05) is 19.9 Å². The van der Waals surface area contributed by atoms with Crippen molar-refractivity contribution in [2.75, 3.05) is 12.3 Å². The van der Waals surface area contributed by atoms with Crippen LogP contribution in [-0.2, 0) is 0 Å². The summed E-state index contributed by atoms with van der Waals surface area (Å²) in [6, 6.07) is 3.47. The Kier molecular flexibility index (Phi) is 7.02. The molecule has 1 aromatic rings. The molecule has 9 N–H and O–H groups in total. The fourth-order valence-corrected chi connectivity index (χ4v) is 2.01. The summed E-state index contributed by atoms with van der Waals surface area (Å²) in [7, 11) is 0. The highest BCUT2D eigenvalue weighted by atomic mass is 14.9. The Balaban J connectivity index is 3.12. The highest BCUT2D eigenvalue weighted by molar-refractivity contribution is 5.70. The van der Waals surface area contributed by atoms with Crippen LogP contribution in [-0.4, -0.2) is 17.1 Å². The van der Waals surface area contributed by atoms with Gasteiger partial charge in [-0.05, 0) is 32.1 Å². The Morgan fingerprint density at radius 3 is 2.60 bits per heavy atom. The molecule has 0 unspecified atom stereocenters. The molecule has 0 aliphatic rings. The Hall–Kier alpha value is -2.99. The fourth-order valence-electron chi connectivity index (χ4n) is 2.01. The first kappa shape index (κ1) is 20.1. The van der Waals surface area contributed by atoms with E-state index in [1.165, 1.54) is 6.20 Å². The number of nitrogens with zero attached hydrogens (tertiary/aromatic N) is 1. The molecule has 1 rings (SSSR count). The van der Waals surface area contributed by atoms with Gasteiger partial charge in [0.05, 0.1) is 0 Å². The van der Waals surface area contributed by atoms with E-state index in [4.69, 9.17) is 22.9 Å². The molecule has 0 atom stereocenters. The van der Waals surface area contributed by atoms with Crippen molar-refractivity contribution in [3.05, 3.63) is 78.3 Å². The standard InChI is InChI=1S/C19H28N6/c1-5-6-16(13(2)25-12-19(3,4)23)15(11-20)9-17(21)14-7-8-24-18(22)10-14/h5-11,25H,1-2,12,20-21,23H2,3-4H3,(H2,22,24)/b15-11-,16-6-,17-9-. The van der Waals surface area contributed by atoms with E-state index >= 15 is 0 Å². The van der Waals surface area contributed by atoms with E-state index in [0.29, 0.717) is 29.3 Å². The van der Waals surface area contributed by atoms with Gasteiger partial charge in [-0.25, -0.2) is 4.98 Å². The summed E-state index contributed by atoms with van der Waals surface area (Å²) in [5, 5.41) is 3.21. The van der Waals surface area contributed by atoms with Crippen LogP contribution in [0, 0.1) is 0 Å². The third-order valence-electron chi connectivity index (χ3n) is 3.28. The molecule has 0 bridgehead atoms. The van der Waals surface area contributed by atoms with Crippen molar-refractivity contribution in [2.45, 2.75) is 19.4 Å². The molecule has 1 heterocycles. The second-order valence-electron chi connectivity index (χ2n) is 6.33. The molecule has 0 aliphatic heterocycles. The molecule has 0 aliphatic carbocycles. The molecule has 0 saturated carbocycles. The van der Waals surface area contributed by atoms with Crippen molar-refractivity contribution in [1.29, 1.82) is 0 Å². The third kappa shape index (κ3) is 6.56. The Bertz CT molecular complexity index is 720. The number of rotatable bonds is 8. The van der Waals surface area contributed by atoms with Gasteiger partial charge in [-0.2, -0.15) is 0 Å². The molecule has 1 aromatic heterocycles. The predicted octanol–water partition coefficient (Wildman–Crippen LogP) is 1.76. The summed E-state index contributed by atoms with van der Waals surface area (Å²) in [5.74, 6) is 0.394. The first-order valence-corrected chi connectivity index (χ1v) is 7.84. The lowest BCUT2D eigenvalue weighted by Crippen LogP contribution is -2.42. The number of nitrogens with two attached hydrogens (primary N) is 4. The van der Waals surface area contributed by atoms with Gasteiger partial charge >= 0.3 is 0 Å². The fraction of sp³-hybridized carbons (Fsp3) is 0.211. The molecule has 0 radical (unpaired) electrons. The van der Waals surface area contributed by atoms with Crippen LogP contribution in [0.4, 0.5) is 5.82 Å². The number of pyridine rings is 1. The van der Waals surface area contributed by atoms with Crippen LogP contribution in [0.5, 0.6) is 0 Å². The smallest absolute Gasteiger partial charge is 0.123 e. The molecule has 0 fully saturated rings. The molecule has 6 nitrogen and oxygen atoms in total. The monoisotopic (exact) mass is 340 g/mol. The molecule has 134 valence electrons. The van der Waals surface area contributed by atoms with Crippen LogP contribution < -0.4 is 28.3 Å². The minimum atomic E-state index is -0.377. The van der Waals surface area contributed by atoms with E-state index in [1.54, 1.807) is 30.5 Å². The summed E-state index contributed by atoms with van der Waals surface area (Å²) in [6.45, 7) is 12.2. The van der Waals surface area contributed by atoms with Gasteiger partial charge in [0.2, 0.25) is 0 Å². The number of nitrogen functional groups attached to an aromatic ring is 1. The van der Waals surface area contributed by atoms with Gasteiger partial charge in [0, 0.05) is 52.6 Å². The zero-order chi connectivity index (χ0) is 19.0. The second kappa shape index (κ2) is 8.75. The van der Waals surface area contributed by atoms with E-state index in [-0.39, 0.29) is 5.54 Å². The molecular formula is C19H28N6. The minimum Gasteiger partial charge on any atom is -0.404 e. The van der Waals surface area contributed by atoms with E-state index in [2.05, 4.69) is 23.5 Å². The van der Waals surface area contributed by atoms with E-state index < -0.39 is 0 Å². The lowest BCUT2D eigenvalue weighted by atomic mass is 10.00. The van der Waals surface area contributed by atoms with E-state index in [0.717, 1.165) is 11.1 Å². The van der Waals surface area contributed by atoms with Gasteiger partial charge in [0.15, 0.2) is 0 Å². The average Bonchev–Trinajstić information content (AvgIpc) is 2.55. The quantitative estimate of drug-likeness (QED) is 0.459. The molecule has 0 spiro atoms. The lowest BCUT2D eigenvalue weighted by molar-refractivity contribution is 0.494. The van der Waals surface area contributed by atoms with Gasteiger partial charge in [-0.1, -0.05) is 25.3 Å². The first-order valence-electron chi connectivity index (χ1n) is 7.84. The summed E-state index contributed by atoms with van der Waals surface area (Å²) in [5.41, 5.74) is 26.7. The maximum absolute atomic E-state index is 6.18. The van der Waals surface area contributed by atoms with Crippen molar-refractivity contribution in [2.24, 2.45) is 17.2 Å². The zero-order valence-corrected chi connectivity index (χ0v) is 14.9. The number of hydrogen-bond acceptors (Lipinski definition) is 6. The highest BCUT2D eigenvalue weighted by Crippen LogP contribution is 2.21. The normalized spacial score (nSPS) is 13.5. The average molecular weight is 340 g/mol. The summed E-state index contributed by atoms with van der Waals surface area (Å²) in [4.78, 5) is 3.96. The van der Waals surface area contributed by atoms with Gasteiger partial charge < -0.3 is 28.3 Å². The van der Waals surface area contributed by atoms with Crippen molar-refractivity contribution in [3.63, 3.8) is 0 Å². The number of allylic oxidation sites excluding steroid dienone is 4. The van der Waals surface area contributed by atoms with Crippen molar-refractivity contribution >= 4 is 11.5 Å². The Morgan fingerprint density at radius 2 is 2.08 bits per heavy atom. The van der Waals surface area contributed by atoms with Crippen molar-refractivity contribution < 1.29 is 0 Å². The minimum absolute atomic E-state index is 0.377. The SMILES string of the molecule is C=C\C=C(C(=C)NCC(C)(C)N)/C(=C\N)/C=C(\N)c1ccnc(N)c1. The number of hydrogen-bond donors (Lipinski definition) is 5. The summed E-state index contributed by atoms with van der Waals surface area (Å²) < 4.78 is 0. The van der Waals surface area contributed by atoms with Gasteiger partial charge in [-0.15, -0.1) is 0 Å². The van der Waals surface area contributed by atoms with Gasteiger partial charge in [0.1, 0.15) is 5.82 Å². The van der Waals surface area contributed by atoms with Gasteiger partial charge in [-0.3, -0.25) is 0 Å². The molecule has 6 heteroatoms. The number of aromatic nitrogens is 1. The Morgan fingerprint density at radius 1 is 1.40 bits per heavy atom. The zero-order valence-electron chi connectivity index (χ0n) is 14.9. The Labute approximate surface area is 149 Å². The van der Waals surface area contributed by atoms with Gasteiger partial charge in [0.25, 0.3) is 0 Å². The lowest BCUT2D eigenvalue weighted by Gasteiger charge is -2.22. The van der Waals surface area contributed by atoms with Crippen LogP contribution in [0.1, 0.15) is 19.4 Å². The van der Waals surface area contributed by atoms with Crippen LogP contribution in [0.15, 0.2) is 72.8 Å². The first-order chi connectivity index (χ1) is 11.7. The largest absolute Gasteiger partial charge is 0.404 e. The van der Waals surface area contributed by atoms with Crippen LogP contribution >= 0.6 is 0 Å². The van der Waals surface area contributed by atoms with Crippen molar-refractivity contribution in [3.8, 4) is 0 Å². The highest BCUT2D eigenvalue weighted by Gasteiger charge is 2.13. The number of nitrogens with one attached hydrogen (secondary N) is 1. The summed E-state index contributed by atoms with van der Waals surface area (Å²) >= 11 is 0. The predicted molar refractivity (Wildman–Crippen MR) is 107 cm³/mol. The van der Waals surface area contributed by atoms with Crippen LogP contribution in [0.3, 0.4) is 0 Å². The summed E-state index contributed by atoms with van der Waals surface area (Å²) in [6.07, 6.45) is 8.29. The molecule has 0 saturated heterocycles. The maximum Gasteiger partial charge on any atom is 0.123 e. The topological polar surface area (TPSA) is 129 Å². The van der Waals surface area contributed by atoms with Crippen molar-refractivity contribution in [1.82, 2.24) is 10.3 Å². The molecule has 0 amide bonds. The van der Waals surface area contributed by atoms with E-state index in [9.17, 15) is 0 Å². The number of anilines is 1. The maximum atomic E-state index is 6.18. The van der Waals surface area contributed by atoms with Crippen LogP contribution in [0.2, 0.25) is 0 Å². The molecule has 25 heavy (non-hydrogen) atoms. The third-order valence-corrected chi connectivity index (χ3v) is 3.28. The second-order valence-corrected chi connectivity index (χ2v) is 6.33. The molecular weight excluding hydrogens is 312 g/mol. The van der Waals surface area contributed by atoms with Crippen LogP contribution in [0.25, 0.3) is 5.70 Å². The molecule has 0 aromatic carbocycles.